The summed E-state index contributed by atoms with van der Waals surface area (Å²) in [6.45, 7) is 4.00. The Labute approximate surface area is 124 Å². The summed E-state index contributed by atoms with van der Waals surface area (Å²) in [5, 5.41) is 0. The fraction of sp³-hybridized carbons (Fsp3) is 0.833. The van der Waals surface area contributed by atoms with Crippen LogP contribution in [0.3, 0.4) is 0 Å². The predicted octanol–water partition coefficient (Wildman–Crippen LogP) is 5.73. The Hall–Kier alpha value is -0.615. The van der Waals surface area contributed by atoms with Crippen LogP contribution in [-0.2, 0) is 4.74 Å². The number of hydrogen-bond donors (Lipinski definition) is 0. The first-order valence-corrected chi connectivity index (χ1v) is 8.95. The Morgan fingerprint density at radius 2 is 1.30 bits per heavy atom. The minimum absolute atomic E-state index is 0.527. The second kappa shape index (κ2) is 6.02. The van der Waals surface area contributed by atoms with Gasteiger partial charge in [0.25, 0.3) is 0 Å². The van der Waals surface area contributed by atoms with Crippen LogP contribution >= 0.6 is 0 Å². The van der Waals surface area contributed by atoms with Gasteiger partial charge in [-0.1, -0.05) is 77.2 Å². The van der Waals surface area contributed by atoms with Gasteiger partial charge in [0.2, 0.25) is 0 Å². The van der Waals surface area contributed by atoms with Gasteiger partial charge in [0.05, 0.1) is 13.3 Å². The smallest absolute Gasteiger partial charge is 0.0863 e. The van der Waals surface area contributed by atoms with Gasteiger partial charge >= 0.3 is 0 Å². The first-order valence-electron chi connectivity index (χ1n) is 8.95. The third-order valence-corrected chi connectivity index (χ3v) is 7.14. The molecule has 0 spiro atoms. The van der Waals surface area contributed by atoms with Crippen molar-refractivity contribution in [3.05, 3.63) is 18.0 Å². The molecule has 2 heterocycles. The van der Waals surface area contributed by atoms with Crippen molar-refractivity contribution in [3.63, 3.8) is 0 Å². The summed E-state index contributed by atoms with van der Waals surface area (Å²) in [4.78, 5) is 0. The largest absolute Gasteiger partial charge is 0.535 e. The van der Waals surface area contributed by atoms with Crippen molar-refractivity contribution in [1.29, 1.82) is 0 Å². The zero-order chi connectivity index (χ0) is 14.0. The van der Waals surface area contributed by atoms with Crippen LogP contribution in [0.5, 0.6) is 0 Å². The van der Waals surface area contributed by atoms with E-state index in [1.54, 1.807) is 0 Å². The van der Waals surface area contributed by atoms with Crippen molar-refractivity contribution in [2.75, 3.05) is 7.11 Å². The number of ether oxygens (including phenoxy) is 1. The van der Waals surface area contributed by atoms with Gasteiger partial charge in [0, 0.05) is 0 Å². The van der Waals surface area contributed by atoms with E-state index in [9.17, 15) is 0 Å². The maximum atomic E-state index is 5.90. The fourth-order valence-corrected chi connectivity index (χ4v) is 6.61. The minimum Gasteiger partial charge on any atom is -0.535 e. The molecule has 112 valence electrons. The van der Waals surface area contributed by atoms with E-state index in [4.69, 9.17) is 4.74 Å². The third kappa shape index (κ3) is 2.08. The lowest BCUT2D eigenvalue weighted by atomic mass is 9.03. The first-order chi connectivity index (χ1) is 9.83. The van der Waals surface area contributed by atoms with Crippen LogP contribution in [0, 0.1) is 0 Å². The lowest BCUT2D eigenvalue weighted by Crippen LogP contribution is -2.55. The Morgan fingerprint density at radius 1 is 0.850 bits per heavy atom. The molecule has 1 nitrogen and oxygen atoms in total. The Bertz CT molecular complexity index is 368. The highest BCUT2D eigenvalue weighted by atomic mass is 16.5. The molecule has 0 unspecified atom stereocenters. The standard InChI is InChI=1S/C18H30BO/c1-3-18(20-2)19(15-9-5-4-6-10-15)16-11-7-12-17(19)14-8-13-16/h15-17H,1,4-14H2,2H3/q-1. The Kier molecular flexibility index (Phi) is 4.31. The summed E-state index contributed by atoms with van der Waals surface area (Å²) in [6.07, 6.45) is 15.3. The number of hydrogen-bond acceptors (Lipinski definition) is 1. The fourth-order valence-electron chi connectivity index (χ4n) is 6.61. The van der Waals surface area contributed by atoms with Gasteiger partial charge in [0.1, 0.15) is 0 Å². The van der Waals surface area contributed by atoms with Crippen LogP contribution in [0.4, 0.5) is 0 Å². The van der Waals surface area contributed by atoms with Crippen molar-refractivity contribution >= 4 is 6.15 Å². The molecule has 0 atom stereocenters. The highest BCUT2D eigenvalue weighted by Crippen LogP contribution is 2.62. The van der Waals surface area contributed by atoms with Crippen LogP contribution in [0.1, 0.15) is 70.6 Å². The van der Waals surface area contributed by atoms with Crippen LogP contribution in [0.25, 0.3) is 0 Å². The molecule has 0 N–H and O–H groups in total. The molecule has 0 radical (unpaired) electrons. The van der Waals surface area contributed by atoms with E-state index in [0.717, 1.165) is 17.5 Å². The second-order valence-corrected chi connectivity index (χ2v) is 7.60. The monoisotopic (exact) mass is 273 g/mol. The van der Waals surface area contributed by atoms with E-state index in [-0.39, 0.29) is 0 Å². The molecule has 0 amide bonds. The van der Waals surface area contributed by atoms with Crippen molar-refractivity contribution in [2.45, 2.75) is 88.1 Å². The molecule has 0 aromatic rings. The van der Waals surface area contributed by atoms with E-state index in [0.29, 0.717) is 0 Å². The van der Waals surface area contributed by atoms with Gasteiger partial charge in [-0.05, 0) is 5.66 Å². The normalized spacial score (nSPS) is 38.0. The molecule has 2 heteroatoms. The van der Waals surface area contributed by atoms with Crippen molar-refractivity contribution in [1.82, 2.24) is 0 Å². The van der Waals surface area contributed by atoms with Gasteiger partial charge in [-0.15, -0.1) is 5.73 Å². The highest BCUT2D eigenvalue weighted by molar-refractivity contribution is 6.90. The SMILES string of the molecule is C=C=C(OC)[B-]1(C2CCCCC2)C2CCCC1CCC2. The summed E-state index contributed by atoms with van der Waals surface area (Å²) in [6, 6.07) is 0. The van der Waals surface area contributed by atoms with Gasteiger partial charge in [-0.3, -0.25) is 0 Å². The molecule has 20 heavy (non-hydrogen) atoms. The van der Waals surface area contributed by atoms with E-state index >= 15 is 0 Å². The molecule has 2 aliphatic heterocycles. The third-order valence-electron chi connectivity index (χ3n) is 7.14. The zero-order valence-electron chi connectivity index (χ0n) is 13.2. The number of fused-ring (bicyclic) bond motifs is 2. The van der Waals surface area contributed by atoms with Gasteiger partial charge in [-0.25, -0.2) is 0 Å². The van der Waals surface area contributed by atoms with Crippen molar-refractivity contribution in [3.8, 4) is 0 Å². The molecular weight excluding hydrogens is 243 g/mol. The van der Waals surface area contributed by atoms with Crippen LogP contribution in [-0.4, -0.2) is 13.3 Å². The van der Waals surface area contributed by atoms with Gasteiger partial charge < -0.3 is 4.74 Å². The quantitative estimate of drug-likeness (QED) is 0.362. The Balaban J connectivity index is 2.04. The van der Waals surface area contributed by atoms with Crippen molar-refractivity contribution in [2.24, 2.45) is 0 Å². The van der Waals surface area contributed by atoms with E-state index in [2.05, 4.69) is 12.3 Å². The lowest BCUT2D eigenvalue weighted by molar-refractivity contribution is 0.294. The zero-order valence-corrected chi connectivity index (χ0v) is 13.2. The minimum atomic E-state index is -0.527. The number of methoxy groups -OCH3 is 1. The number of rotatable bonds is 3. The molecular formula is C18H30BO-. The topological polar surface area (TPSA) is 9.23 Å². The van der Waals surface area contributed by atoms with Gasteiger partial charge in [0.15, 0.2) is 0 Å². The lowest BCUT2D eigenvalue weighted by Gasteiger charge is -2.63. The van der Waals surface area contributed by atoms with Crippen LogP contribution in [0.15, 0.2) is 18.0 Å². The van der Waals surface area contributed by atoms with E-state index < -0.39 is 6.15 Å². The maximum Gasteiger partial charge on any atom is 0.0863 e. The average molecular weight is 273 g/mol. The summed E-state index contributed by atoms with van der Waals surface area (Å²) in [5.74, 6) is 2.69. The molecule has 3 aliphatic rings. The van der Waals surface area contributed by atoms with Gasteiger partial charge in [-0.2, -0.15) is 17.5 Å². The molecule has 2 saturated heterocycles. The molecule has 1 saturated carbocycles. The van der Waals surface area contributed by atoms with Crippen molar-refractivity contribution < 1.29 is 4.74 Å². The molecule has 2 bridgehead atoms. The molecule has 1 aliphatic carbocycles. The van der Waals surface area contributed by atoms with E-state index in [1.165, 1.54) is 76.3 Å². The summed E-state index contributed by atoms with van der Waals surface area (Å²) >= 11 is 0. The molecule has 3 fully saturated rings. The summed E-state index contributed by atoms with van der Waals surface area (Å²) in [5.41, 5.74) is 4.45. The molecule has 0 aromatic carbocycles. The van der Waals surface area contributed by atoms with E-state index in [1.807, 2.05) is 7.11 Å². The summed E-state index contributed by atoms with van der Waals surface area (Å²) < 4.78 is 5.90. The highest BCUT2D eigenvalue weighted by Gasteiger charge is 2.51. The van der Waals surface area contributed by atoms with Crippen LogP contribution in [0.2, 0.25) is 17.5 Å². The molecule has 3 rings (SSSR count). The Morgan fingerprint density at radius 3 is 1.70 bits per heavy atom. The second-order valence-electron chi connectivity index (χ2n) is 7.60. The molecule has 0 aromatic heterocycles. The summed E-state index contributed by atoms with van der Waals surface area (Å²) in [7, 11) is 1.87. The predicted molar refractivity (Wildman–Crippen MR) is 87.5 cm³/mol. The first kappa shape index (κ1) is 14.3. The van der Waals surface area contributed by atoms with Crippen LogP contribution < -0.4 is 0 Å². The average Bonchev–Trinajstić information content (AvgIpc) is 2.49. The maximum absolute atomic E-state index is 5.90.